The van der Waals surface area contributed by atoms with E-state index >= 15 is 0 Å². The molecular weight excluding hydrogens is 394 g/mol. The average Bonchev–Trinajstić information content (AvgIpc) is 2.81. The number of rotatable bonds is 3. The van der Waals surface area contributed by atoms with Gasteiger partial charge in [-0.2, -0.15) is 0 Å². The van der Waals surface area contributed by atoms with Crippen molar-refractivity contribution < 1.29 is 4.74 Å². The Morgan fingerprint density at radius 1 is 1.03 bits per heavy atom. The molecule has 158 valence electrons. The highest BCUT2D eigenvalue weighted by atomic mass is 16.5. The molecule has 0 N–H and O–H groups in total. The number of ether oxygens (including phenoxy) is 1. The lowest BCUT2D eigenvalue weighted by atomic mass is 10.1. The Hall–Kier alpha value is -3.36. The van der Waals surface area contributed by atoms with Crippen LogP contribution in [0.2, 0.25) is 0 Å². The zero-order chi connectivity index (χ0) is 21.5. The van der Waals surface area contributed by atoms with E-state index in [9.17, 15) is 9.59 Å². The quantitative estimate of drug-likeness (QED) is 0.505. The summed E-state index contributed by atoms with van der Waals surface area (Å²) in [5.41, 5.74) is 2.59. The predicted octanol–water partition coefficient (Wildman–Crippen LogP) is 1.75. The van der Waals surface area contributed by atoms with Crippen molar-refractivity contribution in [3.63, 3.8) is 0 Å². The number of pyridine rings is 2. The first-order chi connectivity index (χ1) is 15.0. The van der Waals surface area contributed by atoms with Crippen LogP contribution in [0.25, 0.3) is 21.9 Å². The highest BCUT2D eigenvalue weighted by Crippen LogP contribution is 2.25. The van der Waals surface area contributed by atoms with Gasteiger partial charge in [-0.15, -0.1) is 0 Å². The second-order valence-corrected chi connectivity index (χ2v) is 7.89. The van der Waals surface area contributed by atoms with Crippen molar-refractivity contribution >= 4 is 21.9 Å². The molecule has 3 aromatic heterocycles. The summed E-state index contributed by atoms with van der Waals surface area (Å²) in [5, 5.41) is 1.58. The molecule has 4 aromatic rings. The Morgan fingerprint density at radius 2 is 1.87 bits per heavy atom. The van der Waals surface area contributed by atoms with E-state index in [4.69, 9.17) is 4.74 Å². The lowest BCUT2D eigenvalue weighted by Gasteiger charge is -2.33. The van der Waals surface area contributed by atoms with Gasteiger partial charge in [0.15, 0.2) is 0 Å². The first-order valence-corrected chi connectivity index (χ1v) is 10.3. The number of aromatic nitrogens is 4. The summed E-state index contributed by atoms with van der Waals surface area (Å²) in [7, 11) is 3.10. The van der Waals surface area contributed by atoms with Crippen molar-refractivity contribution in [2.75, 3.05) is 19.7 Å². The molecule has 1 atom stereocenters. The van der Waals surface area contributed by atoms with Crippen LogP contribution >= 0.6 is 0 Å². The van der Waals surface area contributed by atoms with E-state index in [2.05, 4.69) is 27.0 Å². The zero-order valence-electron chi connectivity index (χ0n) is 17.5. The third-order valence-corrected chi connectivity index (χ3v) is 5.94. The Balaban J connectivity index is 1.44. The van der Waals surface area contributed by atoms with Crippen molar-refractivity contribution in [3.05, 3.63) is 80.8 Å². The number of aryl methyl sites for hydroxylation is 1. The number of fused-ring (bicyclic) bond motifs is 2. The summed E-state index contributed by atoms with van der Waals surface area (Å²) in [6, 6.07) is 13.8. The monoisotopic (exact) mass is 417 g/mol. The third kappa shape index (κ3) is 3.43. The summed E-state index contributed by atoms with van der Waals surface area (Å²) in [6.45, 7) is 2.87. The molecule has 5 rings (SSSR count). The average molecular weight is 417 g/mol. The van der Waals surface area contributed by atoms with Gasteiger partial charge in [0, 0.05) is 45.3 Å². The molecule has 0 amide bonds. The van der Waals surface area contributed by atoms with Gasteiger partial charge in [0.1, 0.15) is 11.8 Å². The van der Waals surface area contributed by atoms with Crippen LogP contribution in [0, 0.1) is 0 Å². The van der Waals surface area contributed by atoms with E-state index in [0.717, 1.165) is 34.3 Å². The Labute approximate surface area is 178 Å². The molecule has 8 heteroatoms. The van der Waals surface area contributed by atoms with Crippen LogP contribution in [-0.2, 0) is 25.4 Å². The molecule has 31 heavy (non-hydrogen) atoms. The molecule has 1 aliphatic heterocycles. The molecule has 0 bridgehead atoms. The summed E-state index contributed by atoms with van der Waals surface area (Å²) < 4.78 is 8.51. The van der Waals surface area contributed by atoms with Gasteiger partial charge >= 0.3 is 5.69 Å². The van der Waals surface area contributed by atoms with Gasteiger partial charge in [-0.25, -0.2) is 9.78 Å². The van der Waals surface area contributed by atoms with Crippen molar-refractivity contribution in [2.24, 2.45) is 14.1 Å². The van der Waals surface area contributed by atoms with Crippen LogP contribution < -0.4 is 11.2 Å². The topological polar surface area (TPSA) is 82.2 Å². The molecule has 0 spiro atoms. The maximum absolute atomic E-state index is 12.4. The van der Waals surface area contributed by atoms with Gasteiger partial charge in [0.2, 0.25) is 0 Å². The smallest absolute Gasteiger partial charge is 0.332 e. The standard InChI is InChI=1S/C23H23N5O3/c1-26-21-17(22(29)27(2)23(26)30)7-8-19(25-21)20-14-28(11-12-31-20)13-15-9-10-24-18-6-4-3-5-16(15)18/h3-10,20H,11-14H2,1-2H3/t20-/m1/s1. The molecule has 1 aliphatic rings. The fraction of sp³-hybridized carbons (Fsp3) is 0.304. The van der Waals surface area contributed by atoms with E-state index in [0.29, 0.717) is 24.2 Å². The minimum atomic E-state index is -0.391. The first-order valence-electron chi connectivity index (χ1n) is 10.3. The maximum Gasteiger partial charge on any atom is 0.332 e. The fourth-order valence-corrected chi connectivity index (χ4v) is 4.21. The minimum Gasteiger partial charge on any atom is -0.369 e. The number of hydrogen-bond donors (Lipinski definition) is 0. The van der Waals surface area contributed by atoms with Gasteiger partial charge in [0.05, 0.1) is 23.2 Å². The lowest BCUT2D eigenvalue weighted by molar-refractivity contribution is -0.0347. The molecule has 8 nitrogen and oxygen atoms in total. The highest BCUT2D eigenvalue weighted by molar-refractivity contribution is 5.81. The van der Waals surface area contributed by atoms with Gasteiger partial charge in [-0.3, -0.25) is 23.8 Å². The van der Waals surface area contributed by atoms with Crippen molar-refractivity contribution in [1.82, 2.24) is 24.0 Å². The lowest BCUT2D eigenvalue weighted by Crippen LogP contribution is -2.39. The fourth-order valence-electron chi connectivity index (χ4n) is 4.21. The van der Waals surface area contributed by atoms with E-state index in [1.807, 2.05) is 30.5 Å². The summed E-state index contributed by atoms with van der Waals surface area (Å²) in [5.74, 6) is 0. The predicted molar refractivity (Wildman–Crippen MR) is 118 cm³/mol. The number of benzene rings is 1. The maximum atomic E-state index is 12.4. The zero-order valence-corrected chi connectivity index (χ0v) is 17.5. The third-order valence-electron chi connectivity index (χ3n) is 5.94. The number of nitrogens with zero attached hydrogens (tertiary/aromatic N) is 5. The molecule has 1 aromatic carbocycles. The molecule has 0 unspecified atom stereocenters. The van der Waals surface area contributed by atoms with Crippen LogP contribution in [0.5, 0.6) is 0 Å². The van der Waals surface area contributed by atoms with Gasteiger partial charge in [-0.05, 0) is 29.8 Å². The molecule has 4 heterocycles. The van der Waals surface area contributed by atoms with Crippen LogP contribution in [0.15, 0.2) is 58.3 Å². The largest absolute Gasteiger partial charge is 0.369 e. The summed E-state index contributed by atoms with van der Waals surface area (Å²) in [6.07, 6.45) is 1.62. The van der Waals surface area contributed by atoms with E-state index < -0.39 is 5.69 Å². The Bertz CT molecular complexity index is 1400. The molecule has 0 radical (unpaired) electrons. The second-order valence-electron chi connectivity index (χ2n) is 7.89. The van der Waals surface area contributed by atoms with Gasteiger partial charge in [-0.1, -0.05) is 18.2 Å². The summed E-state index contributed by atoms with van der Waals surface area (Å²) >= 11 is 0. The molecule has 0 saturated carbocycles. The minimum absolute atomic E-state index is 0.231. The van der Waals surface area contributed by atoms with Crippen LogP contribution in [0.3, 0.4) is 0 Å². The Kier molecular flexibility index (Phi) is 4.88. The molecule has 1 saturated heterocycles. The van der Waals surface area contributed by atoms with Crippen LogP contribution in [0.1, 0.15) is 17.4 Å². The summed E-state index contributed by atoms with van der Waals surface area (Å²) in [4.78, 5) is 36.1. The Morgan fingerprint density at radius 3 is 2.74 bits per heavy atom. The van der Waals surface area contributed by atoms with Crippen LogP contribution in [0.4, 0.5) is 0 Å². The number of morpholine rings is 1. The first kappa shape index (κ1) is 19.6. The molecular formula is C23H23N5O3. The van der Waals surface area contributed by atoms with Gasteiger partial charge < -0.3 is 4.74 Å². The number of hydrogen-bond acceptors (Lipinski definition) is 6. The normalized spacial score (nSPS) is 17.4. The molecule has 1 fully saturated rings. The van der Waals surface area contributed by atoms with Gasteiger partial charge in [0.25, 0.3) is 5.56 Å². The van der Waals surface area contributed by atoms with E-state index in [-0.39, 0.29) is 11.7 Å². The van der Waals surface area contributed by atoms with E-state index in [1.54, 1.807) is 13.1 Å². The van der Waals surface area contributed by atoms with E-state index in [1.165, 1.54) is 17.2 Å². The SMILES string of the molecule is Cn1c(=O)c2ccc([C@H]3CN(Cc4ccnc5ccccc45)CCO3)nc2n(C)c1=O. The van der Waals surface area contributed by atoms with Crippen LogP contribution in [-0.4, -0.2) is 43.7 Å². The second kappa shape index (κ2) is 7.72. The highest BCUT2D eigenvalue weighted by Gasteiger charge is 2.24. The van der Waals surface area contributed by atoms with Crippen molar-refractivity contribution in [1.29, 1.82) is 0 Å². The molecule has 0 aliphatic carbocycles. The van der Waals surface area contributed by atoms with Crippen molar-refractivity contribution in [2.45, 2.75) is 12.6 Å². The van der Waals surface area contributed by atoms with Crippen molar-refractivity contribution in [3.8, 4) is 0 Å². The number of para-hydroxylation sites is 1.